The minimum atomic E-state index is -0.417. The molecule has 2 heterocycles. The number of nitro groups is 1. The maximum atomic E-state index is 10.8. The molecule has 0 aliphatic rings. The predicted octanol–water partition coefficient (Wildman–Crippen LogP) is 2.98. The van der Waals surface area contributed by atoms with Crippen molar-refractivity contribution in [2.75, 3.05) is 11.9 Å². The Labute approximate surface area is 151 Å². The fourth-order valence-corrected chi connectivity index (χ4v) is 2.56. The molecular formula is C18H20N6O2. The molecule has 8 nitrogen and oxygen atoms in total. The van der Waals surface area contributed by atoms with E-state index in [0.717, 1.165) is 29.3 Å². The number of anilines is 1. The number of benzene rings is 1. The lowest BCUT2D eigenvalue weighted by Crippen LogP contribution is -2.20. The van der Waals surface area contributed by atoms with Crippen LogP contribution in [0.15, 0.2) is 42.7 Å². The van der Waals surface area contributed by atoms with Gasteiger partial charge in [0.1, 0.15) is 11.6 Å². The fourth-order valence-electron chi connectivity index (χ4n) is 2.56. The molecule has 0 N–H and O–H groups in total. The van der Waals surface area contributed by atoms with E-state index in [9.17, 15) is 10.1 Å². The highest BCUT2D eigenvalue weighted by Crippen LogP contribution is 2.23. The highest BCUT2D eigenvalue weighted by Gasteiger charge is 2.13. The highest BCUT2D eigenvalue weighted by atomic mass is 16.6. The van der Waals surface area contributed by atoms with Crippen molar-refractivity contribution >= 4 is 11.5 Å². The standard InChI is InChI=1S/C18H20N6O2/c1-4-14-11-16(23(3)12-17-19-9-10-22(17)2)21-18(20-14)13-5-7-15(8-6-13)24(25)26/h5-11H,4,12H2,1-3H3. The average molecular weight is 352 g/mol. The lowest BCUT2D eigenvalue weighted by atomic mass is 10.2. The van der Waals surface area contributed by atoms with E-state index in [1.807, 2.05) is 42.7 Å². The number of nitro benzene ring substituents is 1. The molecule has 0 radical (unpaired) electrons. The first kappa shape index (κ1) is 17.5. The third-order valence-electron chi connectivity index (χ3n) is 4.15. The summed E-state index contributed by atoms with van der Waals surface area (Å²) in [6.07, 6.45) is 4.44. The number of imidazole rings is 1. The van der Waals surface area contributed by atoms with Crippen LogP contribution in [0, 0.1) is 10.1 Å². The SMILES string of the molecule is CCc1cc(N(C)Cc2nccn2C)nc(-c2ccc([N+](=O)[O-])cc2)n1. The van der Waals surface area contributed by atoms with Gasteiger partial charge in [0.25, 0.3) is 5.69 Å². The van der Waals surface area contributed by atoms with Crippen LogP contribution in [-0.2, 0) is 20.0 Å². The van der Waals surface area contributed by atoms with Crippen molar-refractivity contribution in [3.8, 4) is 11.4 Å². The number of rotatable bonds is 6. The van der Waals surface area contributed by atoms with Crippen molar-refractivity contribution in [1.82, 2.24) is 19.5 Å². The van der Waals surface area contributed by atoms with Crippen molar-refractivity contribution in [3.63, 3.8) is 0 Å². The summed E-state index contributed by atoms with van der Waals surface area (Å²) in [5.41, 5.74) is 1.71. The van der Waals surface area contributed by atoms with Gasteiger partial charge in [0, 0.05) is 55.9 Å². The Morgan fingerprint density at radius 3 is 2.54 bits per heavy atom. The summed E-state index contributed by atoms with van der Waals surface area (Å²) in [4.78, 5) is 26.0. The number of nitrogens with zero attached hydrogens (tertiary/aromatic N) is 6. The van der Waals surface area contributed by atoms with E-state index in [1.165, 1.54) is 12.1 Å². The van der Waals surface area contributed by atoms with Crippen LogP contribution in [0.1, 0.15) is 18.4 Å². The lowest BCUT2D eigenvalue weighted by Gasteiger charge is -2.19. The van der Waals surface area contributed by atoms with E-state index in [0.29, 0.717) is 12.4 Å². The van der Waals surface area contributed by atoms with Gasteiger partial charge >= 0.3 is 0 Å². The molecule has 0 atom stereocenters. The zero-order valence-electron chi connectivity index (χ0n) is 15.0. The van der Waals surface area contributed by atoms with Crippen LogP contribution in [0.4, 0.5) is 11.5 Å². The maximum absolute atomic E-state index is 10.8. The van der Waals surface area contributed by atoms with Crippen molar-refractivity contribution in [2.24, 2.45) is 7.05 Å². The van der Waals surface area contributed by atoms with E-state index in [1.54, 1.807) is 18.3 Å². The molecule has 3 rings (SSSR count). The summed E-state index contributed by atoms with van der Waals surface area (Å²) in [5.74, 6) is 2.27. The molecule has 0 saturated carbocycles. The summed E-state index contributed by atoms with van der Waals surface area (Å²) >= 11 is 0. The minimum Gasteiger partial charge on any atom is -0.352 e. The Kier molecular flexibility index (Phi) is 4.92. The monoisotopic (exact) mass is 352 g/mol. The van der Waals surface area contributed by atoms with Crippen molar-refractivity contribution in [1.29, 1.82) is 0 Å². The smallest absolute Gasteiger partial charge is 0.269 e. The molecule has 2 aromatic heterocycles. The number of hydrogen-bond donors (Lipinski definition) is 0. The van der Waals surface area contributed by atoms with Gasteiger partial charge in [-0.1, -0.05) is 6.92 Å². The molecular weight excluding hydrogens is 332 g/mol. The van der Waals surface area contributed by atoms with Crippen molar-refractivity contribution in [2.45, 2.75) is 19.9 Å². The number of aromatic nitrogens is 4. The second-order valence-electron chi connectivity index (χ2n) is 6.01. The Hall–Kier alpha value is -3.29. The van der Waals surface area contributed by atoms with Gasteiger partial charge in [-0.05, 0) is 18.6 Å². The third-order valence-corrected chi connectivity index (χ3v) is 4.15. The molecule has 0 bridgehead atoms. The van der Waals surface area contributed by atoms with Gasteiger partial charge in [-0.3, -0.25) is 10.1 Å². The van der Waals surface area contributed by atoms with E-state index in [2.05, 4.69) is 15.0 Å². The first-order valence-corrected chi connectivity index (χ1v) is 8.28. The Bertz CT molecular complexity index is 920. The molecule has 3 aromatic rings. The van der Waals surface area contributed by atoms with Crippen LogP contribution in [0.3, 0.4) is 0 Å². The van der Waals surface area contributed by atoms with Gasteiger partial charge in [-0.15, -0.1) is 0 Å². The summed E-state index contributed by atoms with van der Waals surface area (Å²) in [6.45, 7) is 2.65. The van der Waals surface area contributed by atoms with E-state index >= 15 is 0 Å². The number of hydrogen-bond acceptors (Lipinski definition) is 6. The molecule has 0 unspecified atom stereocenters. The van der Waals surface area contributed by atoms with Gasteiger partial charge in [-0.2, -0.15) is 0 Å². The van der Waals surface area contributed by atoms with Crippen LogP contribution >= 0.6 is 0 Å². The quantitative estimate of drug-likeness (QED) is 0.500. The molecule has 1 aromatic carbocycles. The van der Waals surface area contributed by atoms with Crippen LogP contribution in [0.2, 0.25) is 0 Å². The topological polar surface area (TPSA) is 90.0 Å². The number of non-ortho nitro benzene ring substituents is 1. The predicted molar refractivity (Wildman–Crippen MR) is 98.8 cm³/mol. The molecule has 0 aliphatic carbocycles. The summed E-state index contributed by atoms with van der Waals surface area (Å²) in [5, 5.41) is 10.8. The fraction of sp³-hybridized carbons (Fsp3) is 0.278. The summed E-state index contributed by atoms with van der Waals surface area (Å²) in [7, 11) is 3.91. The lowest BCUT2D eigenvalue weighted by molar-refractivity contribution is -0.384. The Morgan fingerprint density at radius 1 is 1.23 bits per heavy atom. The van der Waals surface area contributed by atoms with E-state index in [-0.39, 0.29) is 5.69 Å². The highest BCUT2D eigenvalue weighted by molar-refractivity contribution is 5.59. The van der Waals surface area contributed by atoms with Crippen molar-refractivity contribution in [3.05, 3.63) is 64.4 Å². The van der Waals surface area contributed by atoms with Crippen LogP contribution in [-0.4, -0.2) is 31.5 Å². The normalized spacial score (nSPS) is 10.7. The number of aryl methyl sites for hydroxylation is 2. The van der Waals surface area contributed by atoms with E-state index in [4.69, 9.17) is 0 Å². The van der Waals surface area contributed by atoms with Gasteiger partial charge < -0.3 is 9.47 Å². The zero-order valence-corrected chi connectivity index (χ0v) is 15.0. The second kappa shape index (κ2) is 7.30. The second-order valence-corrected chi connectivity index (χ2v) is 6.01. The maximum Gasteiger partial charge on any atom is 0.269 e. The first-order chi connectivity index (χ1) is 12.5. The molecule has 0 amide bonds. The van der Waals surface area contributed by atoms with E-state index < -0.39 is 4.92 Å². The molecule has 0 fully saturated rings. The Balaban J connectivity index is 1.93. The van der Waals surface area contributed by atoms with Gasteiger partial charge in [0.15, 0.2) is 5.82 Å². The van der Waals surface area contributed by atoms with Gasteiger partial charge in [0.2, 0.25) is 0 Å². The minimum absolute atomic E-state index is 0.0486. The third kappa shape index (κ3) is 3.69. The average Bonchev–Trinajstić information content (AvgIpc) is 3.06. The molecule has 0 aliphatic heterocycles. The van der Waals surface area contributed by atoms with Gasteiger partial charge in [-0.25, -0.2) is 15.0 Å². The molecule has 0 saturated heterocycles. The largest absolute Gasteiger partial charge is 0.352 e. The molecule has 8 heteroatoms. The molecule has 0 spiro atoms. The van der Waals surface area contributed by atoms with Crippen LogP contribution in [0.25, 0.3) is 11.4 Å². The first-order valence-electron chi connectivity index (χ1n) is 8.28. The summed E-state index contributed by atoms with van der Waals surface area (Å²) in [6, 6.07) is 8.24. The van der Waals surface area contributed by atoms with Crippen LogP contribution in [0.5, 0.6) is 0 Å². The van der Waals surface area contributed by atoms with Crippen molar-refractivity contribution < 1.29 is 4.92 Å². The summed E-state index contributed by atoms with van der Waals surface area (Å²) < 4.78 is 1.97. The van der Waals surface area contributed by atoms with Gasteiger partial charge in [0.05, 0.1) is 11.5 Å². The molecule has 26 heavy (non-hydrogen) atoms. The zero-order chi connectivity index (χ0) is 18.7. The Morgan fingerprint density at radius 2 is 1.96 bits per heavy atom. The van der Waals surface area contributed by atoms with Crippen LogP contribution < -0.4 is 4.90 Å². The molecule has 134 valence electrons.